The third-order valence-corrected chi connectivity index (χ3v) is 4.49. The molecule has 1 N–H and O–H groups in total. The second-order valence-electron chi connectivity index (χ2n) is 5.20. The number of likely N-dealkylation sites (N-methyl/N-ethyl adjacent to an activating group) is 1. The molecule has 0 radical (unpaired) electrons. The van der Waals surface area contributed by atoms with Gasteiger partial charge in [0, 0.05) is 11.0 Å². The summed E-state index contributed by atoms with van der Waals surface area (Å²) >= 11 is 4.79. The van der Waals surface area contributed by atoms with Crippen LogP contribution in [0.1, 0.15) is 11.6 Å². The van der Waals surface area contributed by atoms with Crippen molar-refractivity contribution in [3.63, 3.8) is 0 Å². The average molecular weight is 401 g/mol. The molecule has 0 saturated carbocycles. The van der Waals surface area contributed by atoms with Gasteiger partial charge in [-0.25, -0.2) is 4.39 Å². The predicted molar refractivity (Wildman–Crippen MR) is 93.4 cm³/mol. The molecule has 0 fully saturated rings. The van der Waals surface area contributed by atoms with Gasteiger partial charge in [-0.1, -0.05) is 15.9 Å². The van der Waals surface area contributed by atoms with Gasteiger partial charge >= 0.3 is 0 Å². The third-order valence-electron chi connectivity index (χ3n) is 3.30. The maximum atomic E-state index is 13.6. The standard InChI is InChI=1S/C16H18BrFN2O2S/c1-20(2)14(11-5-6-23-10-11)8-19-16(21)9-22-15-4-3-12(17)7-13(15)18/h3-7,10,14H,8-9H2,1-2H3,(H,19,21). The fourth-order valence-corrected chi connectivity index (χ4v) is 3.10. The Kier molecular flexibility index (Phi) is 6.56. The second kappa shape index (κ2) is 8.42. The first kappa shape index (κ1) is 17.9. The van der Waals surface area contributed by atoms with E-state index in [9.17, 15) is 9.18 Å². The molecule has 2 aromatic rings. The van der Waals surface area contributed by atoms with Crippen LogP contribution in [0.3, 0.4) is 0 Å². The van der Waals surface area contributed by atoms with E-state index in [4.69, 9.17) is 4.74 Å². The Morgan fingerprint density at radius 3 is 2.83 bits per heavy atom. The molecule has 1 atom stereocenters. The van der Waals surface area contributed by atoms with Crippen molar-refractivity contribution in [1.82, 2.24) is 10.2 Å². The molecule has 1 heterocycles. The quantitative estimate of drug-likeness (QED) is 0.773. The number of carbonyl (C=O) groups is 1. The lowest BCUT2D eigenvalue weighted by Crippen LogP contribution is -2.36. The van der Waals surface area contributed by atoms with Crippen LogP contribution in [0.25, 0.3) is 0 Å². The summed E-state index contributed by atoms with van der Waals surface area (Å²) in [5.41, 5.74) is 1.15. The molecule has 0 saturated heterocycles. The molecule has 124 valence electrons. The number of rotatable bonds is 7. The first-order chi connectivity index (χ1) is 11.0. The Morgan fingerprint density at radius 2 is 2.22 bits per heavy atom. The number of amides is 1. The Bertz CT molecular complexity index is 650. The van der Waals surface area contributed by atoms with E-state index in [2.05, 4.69) is 26.6 Å². The van der Waals surface area contributed by atoms with Crippen molar-refractivity contribution in [2.75, 3.05) is 27.2 Å². The lowest BCUT2D eigenvalue weighted by atomic mass is 10.1. The molecule has 0 bridgehead atoms. The van der Waals surface area contributed by atoms with Crippen molar-refractivity contribution >= 4 is 33.2 Å². The SMILES string of the molecule is CN(C)C(CNC(=O)COc1ccc(Br)cc1F)c1ccsc1. The maximum Gasteiger partial charge on any atom is 0.258 e. The lowest BCUT2D eigenvalue weighted by Gasteiger charge is -2.24. The monoisotopic (exact) mass is 400 g/mol. The van der Waals surface area contributed by atoms with E-state index in [0.29, 0.717) is 11.0 Å². The van der Waals surface area contributed by atoms with Crippen LogP contribution in [0.15, 0.2) is 39.5 Å². The van der Waals surface area contributed by atoms with Crippen LogP contribution in [-0.4, -0.2) is 38.1 Å². The Labute approximate surface area is 147 Å². The van der Waals surface area contributed by atoms with Gasteiger partial charge in [-0.2, -0.15) is 11.3 Å². The number of halogens is 2. The fraction of sp³-hybridized carbons (Fsp3) is 0.312. The molecule has 7 heteroatoms. The number of nitrogens with one attached hydrogen (secondary N) is 1. The zero-order chi connectivity index (χ0) is 16.8. The van der Waals surface area contributed by atoms with E-state index in [1.807, 2.05) is 30.4 Å². The molecule has 1 aromatic carbocycles. The molecule has 0 aliphatic carbocycles. The molecular formula is C16H18BrFN2O2S. The van der Waals surface area contributed by atoms with Crippen molar-refractivity contribution in [3.05, 3.63) is 50.9 Å². The van der Waals surface area contributed by atoms with E-state index >= 15 is 0 Å². The summed E-state index contributed by atoms with van der Waals surface area (Å²) in [6.07, 6.45) is 0. The van der Waals surface area contributed by atoms with Gasteiger partial charge in [0.25, 0.3) is 5.91 Å². The Morgan fingerprint density at radius 1 is 1.43 bits per heavy atom. The summed E-state index contributed by atoms with van der Waals surface area (Å²) < 4.78 is 19.5. The van der Waals surface area contributed by atoms with E-state index in [0.717, 1.165) is 5.56 Å². The molecule has 1 unspecified atom stereocenters. The first-order valence-corrected chi connectivity index (χ1v) is 8.74. The zero-order valence-electron chi connectivity index (χ0n) is 12.9. The van der Waals surface area contributed by atoms with Crippen LogP contribution in [0.2, 0.25) is 0 Å². The summed E-state index contributed by atoms with van der Waals surface area (Å²) in [5, 5.41) is 6.89. The molecule has 0 aliphatic heterocycles. The van der Waals surface area contributed by atoms with Gasteiger partial charge in [-0.05, 0) is 54.7 Å². The first-order valence-electron chi connectivity index (χ1n) is 7.00. The van der Waals surface area contributed by atoms with Gasteiger partial charge in [0.15, 0.2) is 18.2 Å². The van der Waals surface area contributed by atoms with E-state index in [1.165, 1.54) is 12.1 Å². The van der Waals surface area contributed by atoms with Crippen molar-refractivity contribution < 1.29 is 13.9 Å². The van der Waals surface area contributed by atoms with Crippen molar-refractivity contribution in [1.29, 1.82) is 0 Å². The summed E-state index contributed by atoms with van der Waals surface area (Å²) in [6.45, 7) is 0.247. The number of nitrogens with zero attached hydrogens (tertiary/aromatic N) is 1. The molecular weight excluding hydrogens is 383 g/mol. The van der Waals surface area contributed by atoms with Crippen LogP contribution < -0.4 is 10.1 Å². The molecule has 1 aromatic heterocycles. The lowest BCUT2D eigenvalue weighted by molar-refractivity contribution is -0.123. The number of hydrogen-bond acceptors (Lipinski definition) is 4. The normalized spacial score (nSPS) is 12.2. The third kappa shape index (κ3) is 5.30. The highest BCUT2D eigenvalue weighted by molar-refractivity contribution is 9.10. The highest BCUT2D eigenvalue weighted by Crippen LogP contribution is 2.22. The minimum absolute atomic E-state index is 0.0605. The highest BCUT2D eigenvalue weighted by Gasteiger charge is 2.16. The van der Waals surface area contributed by atoms with Gasteiger partial charge in [-0.15, -0.1) is 0 Å². The van der Waals surface area contributed by atoms with Crippen molar-refractivity contribution in [2.45, 2.75) is 6.04 Å². The molecule has 1 amide bonds. The molecule has 23 heavy (non-hydrogen) atoms. The minimum atomic E-state index is -0.503. The Balaban J connectivity index is 1.84. The van der Waals surface area contributed by atoms with Crippen LogP contribution >= 0.6 is 27.3 Å². The van der Waals surface area contributed by atoms with Crippen molar-refractivity contribution in [2.24, 2.45) is 0 Å². The highest BCUT2D eigenvalue weighted by atomic mass is 79.9. The van der Waals surface area contributed by atoms with E-state index in [1.54, 1.807) is 17.4 Å². The van der Waals surface area contributed by atoms with Crippen LogP contribution in [-0.2, 0) is 4.79 Å². The molecule has 0 aliphatic rings. The summed E-state index contributed by atoms with van der Waals surface area (Å²) in [5.74, 6) is -0.726. The Hall–Kier alpha value is -1.44. The summed E-state index contributed by atoms with van der Waals surface area (Å²) in [4.78, 5) is 13.9. The number of ether oxygens (including phenoxy) is 1. The van der Waals surface area contributed by atoms with Crippen LogP contribution in [0.4, 0.5) is 4.39 Å². The minimum Gasteiger partial charge on any atom is -0.481 e. The second-order valence-corrected chi connectivity index (χ2v) is 6.90. The molecule has 4 nitrogen and oxygen atoms in total. The maximum absolute atomic E-state index is 13.6. The zero-order valence-corrected chi connectivity index (χ0v) is 15.3. The van der Waals surface area contributed by atoms with E-state index in [-0.39, 0.29) is 24.3 Å². The van der Waals surface area contributed by atoms with Gasteiger partial charge < -0.3 is 15.0 Å². The smallest absolute Gasteiger partial charge is 0.258 e. The van der Waals surface area contributed by atoms with Gasteiger partial charge in [0.1, 0.15) is 0 Å². The van der Waals surface area contributed by atoms with Crippen molar-refractivity contribution in [3.8, 4) is 5.75 Å². The number of thiophene rings is 1. The number of benzene rings is 1. The van der Waals surface area contributed by atoms with Crippen LogP contribution in [0, 0.1) is 5.82 Å². The van der Waals surface area contributed by atoms with Gasteiger partial charge in [0.2, 0.25) is 0 Å². The van der Waals surface area contributed by atoms with E-state index < -0.39 is 5.82 Å². The summed E-state index contributed by atoms with van der Waals surface area (Å²) in [6, 6.07) is 6.58. The summed E-state index contributed by atoms with van der Waals surface area (Å²) in [7, 11) is 3.92. The number of carbonyl (C=O) groups excluding carboxylic acids is 1. The van der Waals surface area contributed by atoms with Crippen LogP contribution in [0.5, 0.6) is 5.75 Å². The van der Waals surface area contributed by atoms with Gasteiger partial charge in [0.05, 0.1) is 6.04 Å². The largest absolute Gasteiger partial charge is 0.481 e. The molecule has 2 rings (SSSR count). The predicted octanol–water partition coefficient (Wildman–Crippen LogP) is 3.45. The van der Waals surface area contributed by atoms with Gasteiger partial charge in [-0.3, -0.25) is 4.79 Å². The number of hydrogen-bond donors (Lipinski definition) is 1. The molecule has 0 spiro atoms. The average Bonchev–Trinajstić information content (AvgIpc) is 3.00. The fourth-order valence-electron chi connectivity index (χ4n) is 2.06. The topological polar surface area (TPSA) is 41.6 Å².